The number of aromatic nitrogens is 2. The van der Waals surface area contributed by atoms with Crippen molar-refractivity contribution in [3.05, 3.63) is 65.4 Å². The average molecular weight is 361 g/mol. The van der Waals surface area contributed by atoms with E-state index in [2.05, 4.69) is 52.5 Å². The van der Waals surface area contributed by atoms with E-state index >= 15 is 0 Å². The van der Waals surface area contributed by atoms with E-state index in [1.54, 1.807) is 0 Å². The van der Waals surface area contributed by atoms with Crippen LogP contribution in [0.15, 0.2) is 48.7 Å². The molecular formula is C22H23N3O2. The van der Waals surface area contributed by atoms with Gasteiger partial charge in [0.15, 0.2) is 11.5 Å². The lowest BCUT2D eigenvalue weighted by molar-refractivity contribution is 0.174. The normalized spacial score (nSPS) is 17.9. The maximum absolute atomic E-state index is 5.53. The smallest absolute Gasteiger partial charge is 0.231 e. The summed E-state index contributed by atoms with van der Waals surface area (Å²) in [7, 11) is 2.21. The number of nitrogens with zero attached hydrogens (tertiary/aromatic N) is 2. The molecule has 2 aromatic carbocycles. The Kier molecular flexibility index (Phi) is 4.09. The summed E-state index contributed by atoms with van der Waals surface area (Å²) in [5.74, 6) is 1.60. The molecule has 3 aromatic rings. The Labute approximate surface area is 158 Å². The van der Waals surface area contributed by atoms with Crippen molar-refractivity contribution < 1.29 is 9.47 Å². The number of rotatable bonds is 4. The van der Waals surface area contributed by atoms with Crippen LogP contribution in [0.4, 0.5) is 0 Å². The van der Waals surface area contributed by atoms with Crippen molar-refractivity contribution in [3.8, 4) is 22.8 Å². The van der Waals surface area contributed by atoms with Gasteiger partial charge in [-0.15, -0.1) is 0 Å². The fourth-order valence-corrected chi connectivity index (χ4v) is 4.30. The Morgan fingerprint density at radius 1 is 1.15 bits per heavy atom. The fraction of sp³-hybridized carbons (Fsp3) is 0.318. The van der Waals surface area contributed by atoms with E-state index < -0.39 is 0 Å². The molecule has 0 fully saturated rings. The summed E-state index contributed by atoms with van der Waals surface area (Å²) in [5.41, 5.74) is 6.27. The van der Waals surface area contributed by atoms with Crippen molar-refractivity contribution in [3.63, 3.8) is 0 Å². The summed E-state index contributed by atoms with van der Waals surface area (Å²) in [6.07, 6.45) is 5.57. The molecule has 1 N–H and O–H groups in total. The Hall–Kier alpha value is -2.79. The van der Waals surface area contributed by atoms with Crippen molar-refractivity contribution in [2.24, 2.45) is 0 Å². The highest BCUT2D eigenvalue weighted by Crippen LogP contribution is 2.38. The highest BCUT2D eigenvalue weighted by molar-refractivity contribution is 5.67. The number of hydrogen-bond donors (Lipinski definition) is 1. The second kappa shape index (κ2) is 6.74. The van der Waals surface area contributed by atoms with Gasteiger partial charge in [0.05, 0.1) is 11.9 Å². The third kappa shape index (κ3) is 2.98. The van der Waals surface area contributed by atoms with Crippen LogP contribution in [0.25, 0.3) is 11.3 Å². The highest BCUT2D eigenvalue weighted by Gasteiger charge is 2.24. The van der Waals surface area contributed by atoms with Gasteiger partial charge in [0, 0.05) is 23.7 Å². The summed E-state index contributed by atoms with van der Waals surface area (Å²) in [6, 6.07) is 15.3. The van der Waals surface area contributed by atoms with Crippen LogP contribution in [-0.2, 0) is 13.0 Å². The summed E-state index contributed by atoms with van der Waals surface area (Å²) in [4.78, 5) is 2.44. The molecule has 0 unspecified atom stereocenters. The van der Waals surface area contributed by atoms with Gasteiger partial charge in [-0.1, -0.05) is 24.3 Å². The molecule has 5 heteroatoms. The predicted octanol–water partition coefficient (Wildman–Crippen LogP) is 4.31. The zero-order chi connectivity index (χ0) is 18.2. The maximum atomic E-state index is 5.53. The molecule has 0 radical (unpaired) electrons. The van der Waals surface area contributed by atoms with Crippen LogP contribution in [0.5, 0.6) is 11.5 Å². The number of H-pyrrole nitrogens is 1. The Morgan fingerprint density at radius 3 is 3.00 bits per heavy atom. The van der Waals surface area contributed by atoms with E-state index in [4.69, 9.17) is 9.47 Å². The van der Waals surface area contributed by atoms with Gasteiger partial charge in [0.1, 0.15) is 0 Å². The molecule has 1 aliphatic carbocycles. The highest BCUT2D eigenvalue weighted by atomic mass is 16.7. The fourth-order valence-electron chi connectivity index (χ4n) is 4.30. The summed E-state index contributed by atoms with van der Waals surface area (Å²) in [6.45, 7) is 1.14. The third-order valence-corrected chi connectivity index (χ3v) is 5.67. The Balaban J connectivity index is 1.41. The van der Waals surface area contributed by atoms with Gasteiger partial charge in [-0.05, 0) is 55.6 Å². The van der Waals surface area contributed by atoms with E-state index in [0.717, 1.165) is 29.3 Å². The van der Waals surface area contributed by atoms with Gasteiger partial charge in [-0.3, -0.25) is 10.00 Å². The number of aromatic amines is 1. The minimum absolute atomic E-state index is 0.290. The van der Waals surface area contributed by atoms with Crippen LogP contribution in [0, 0.1) is 0 Å². The van der Waals surface area contributed by atoms with Gasteiger partial charge in [-0.25, -0.2) is 0 Å². The molecule has 5 rings (SSSR count). The molecule has 1 aromatic heterocycles. The lowest BCUT2D eigenvalue weighted by Gasteiger charge is -2.33. The zero-order valence-corrected chi connectivity index (χ0v) is 15.4. The van der Waals surface area contributed by atoms with Crippen LogP contribution in [0.1, 0.15) is 35.6 Å². The van der Waals surface area contributed by atoms with Crippen LogP contribution in [0.2, 0.25) is 0 Å². The standard InChI is InChI=1S/C22H23N3O2/c1-25(19-8-4-6-15-5-2-3-7-18(15)19)13-17-12-23-24-22(17)16-9-10-20-21(11-16)27-14-26-20/h2-3,5,7,9-12,19H,4,6,8,13-14H2,1H3,(H,23,24)/t19-/m1/s1. The second-order valence-corrected chi connectivity index (χ2v) is 7.36. The van der Waals surface area contributed by atoms with Crippen molar-refractivity contribution in [2.45, 2.75) is 31.8 Å². The SMILES string of the molecule is CN(Cc1cn[nH]c1-c1ccc2c(c1)OCO2)[C@@H]1CCCc2ccccc21. The van der Waals surface area contributed by atoms with Crippen molar-refractivity contribution in [1.82, 2.24) is 15.1 Å². The Bertz CT molecular complexity index is 966. The molecule has 27 heavy (non-hydrogen) atoms. The van der Waals surface area contributed by atoms with Gasteiger partial charge in [0.25, 0.3) is 0 Å². The molecule has 5 nitrogen and oxygen atoms in total. The minimum Gasteiger partial charge on any atom is -0.454 e. The van der Waals surface area contributed by atoms with Crippen LogP contribution in [0.3, 0.4) is 0 Å². The molecule has 1 atom stereocenters. The van der Waals surface area contributed by atoms with Crippen molar-refractivity contribution in [1.29, 1.82) is 0 Å². The first kappa shape index (κ1) is 16.4. The molecular weight excluding hydrogens is 338 g/mol. The second-order valence-electron chi connectivity index (χ2n) is 7.36. The first-order valence-corrected chi connectivity index (χ1v) is 9.50. The van der Waals surface area contributed by atoms with E-state index in [1.165, 1.54) is 36.0 Å². The first-order chi connectivity index (χ1) is 13.3. The average Bonchev–Trinajstić information content (AvgIpc) is 3.36. The number of fused-ring (bicyclic) bond motifs is 2. The number of hydrogen-bond acceptors (Lipinski definition) is 4. The number of ether oxygens (including phenoxy) is 2. The molecule has 0 bridgehead atoms. The quantitative estimate of drug-likeness (QED) is 0.752. The summed E-state index contributed by atoms with van der Waals surface area (Å²) in [5, 5.41) is 7.48. The molecule has 1 aliphatic heterocycles. The van der Waals surface area contributed by atoms with Gasteiger partial charge < -0.3 is 9.47 Å². The molecule has 2 heterocycles. The molecule has 0 spiro atoms. The van der Waals surface area contributed by atoms with Crippen LogP contribution >= 0.6 is 0 Å². The van der Waals surface area contributed by atoms with Gasteiger partial charge in [0.2, 0.25) is 6.79 Å². The molecule has 0 amide bonds. The van der Waals surface area contributed by atoms with E-state index in [-0.39, 0.29) is 0 Å². The van der Waals surface area contributed by atoms with Crippen LogP contribution < -0.4 is 9.47 Å². The topological polar surface area (TPSA) is 50.4 Å². The van der Waals surface area contributed by atoms with Gasteiger partial charge >= 0.3 is 0 Å². The van der Waals surface area contributed by atoms with Gasteiger partial charge in [-0.2, -0.15) is 5.10 Å². The van der Waals surface area contributed by atoms with Crippen LogP contribution in [-0.4, -0.2) is 28.9 Å². The monoisotopic (exact) mass is 361 g/mol. The van der Waals surface area contributed by atoms with E-state index in [0.29, 0.717) is 12.8 Å². The number of nitrogens with one attached hydrogen (secondary N) is 1. The molecule has 138 valence electrons. The minimum atomic E-state index is 0.290. The maximum Gasteiger partial charge on any atom is 0.231 e. The van der Waals surface area contributed by atoms with E-state index in [9.17, 15) is 0 Å². The number of aryl methyl sites for hydroxylation is 1. The molecule has 0 saturated heterocycles. The molecule has 2 aliphatic rings. The van der Waals surface area contributed by atoms with Crippen molar-refractivity contribution in [2.75, 3.05) is 13.8 Å². The Morgan fingerprint density at radius 2 is 2.04 bits per heavy atom. The lowest BCUT2D eigenvalue weighted by atomic mass is 9.87. The summed E-state index contributed by atoms with van der Waals surface area (Å²) >= 11 is 0. The summed E-state index contributed by atoms with van der Waals surface area (Å²) < 4.78 is 10.9. The predicted molar refractivity (Wildman–Crippen MR) is 104 cm³/mol. The lowest BCUT2D eigenvalue weighted by Crippen LogP contribution is -2.27. The third-order valence-electron chi connectivity index (χ3n) is 5.67. The van der Waals surface area contributed by atoms with E-state index in [1.807, 2.05) is 18.3 Å². The first-order valence-electron chi connectivity index (χ1n) is 9.50. The number of benzene rings is 2. The van der Waals surface area contributed by atoms with Crippen molar-refractivity contribution >= 4 is 0 Å². The largest absolute Gasteiger partial charge is 0.454 e. The zero-order valence-electron chi connectivity index (χ0n) is 15.4. The molecule has 0 saturated carbocycles.